The molecule has 0 aliphatic heterocycles. The third-order valence-corrected chi connectivity index (χ3v) is 14.4. The molecule has 322 valence electrons. The van der Waals surface area contributed by atoms with Gasteiger partial charge in [0, 0.05) is 74.6 Å². The van der Waals surface area contributed by atoms with Crippen LogP contribution in [0.2, 0.25) is 0 Å². The van der Waals surface area contributed by atoms with E-state index in [0.29, 0.717) is 17.6 Å². The summed E-state index contributed by atoms with van der Waals surface area (Å²) < 4.78 is 17.6. The van der Waals surface area contributed by atoms with Gasteiger partial charge >= 0.3 is 0 Å². The third kappa shape index (κ3) is 5.86. The van der Waals surface area contributed by atoms with Crippen molar-refractivity contribution < 1.29 is 8.83 Å². The lowest BCUT2D eigenvalue weighted by atomic mass is 9.93. The SMILES string of the molecule is C=Cc1c(C=C)c2c3cccc(-c4ccc5c(c4)sc4ccccc45)c3n(-c3nc(-c4ccc5c(c4)oc4ccccc45)nc(-c4ccc5c(c4)oc4ccccc45)n3)c2c2ccccc12.CC. The number of nitrogens with zero attached hydrogens (tertiary/aromatic N) is 4. The summed E-state index contributed by atoms with van der Waals surface area (Å²) in [5, 5.41) is 10.9. The number of furan rings is 2. The van der Waals surface area contributed by atoms with Gasteiger partial charge in [-0.2, -0.15) is 9.97 Å². The molecule has 6 nitrogen and oxygen atoms in total. The van der Waals surface area contributed by atoms with Gasteiger partial charge in [-0.1, -0.05) is 160 Å². The Labute approximate surface area is 394 Å². The molecule has 0 aliphatic rings. The second-order valence-electron chi connectivity index (χ2n) is 16.8. The van der Waals surface area contributed by atoms with E-state index in [9.17, 15) is 0 Å². The highest BCUT2D eigenvalue weighted by Gasteiger charge is 2.26. The van der Waals surface area contributed by atoms with Gasteiger partial charge in [0.15, 0.2) is 11.6 Å². The van der Waals surface area contributed by atoms with Gasteiger partial charge in [-0.05, 0) is 70.6 Å². The average Bonchev–Trinajstić information content (AvgIpc) is 4.17. The van der Waals surface area contributed by atoms with Gasteiger partial charge in [0.25, 0.3) is 0 Å². The molecule has 9 aromatic carbocycles. The highest BCUT2D eigenvalue weighted by Crippen LogP contribution is 2.46. The first-order valence-electron chi connectivity index (χ1n) is 22.9. The number of hydrogen-bond donors (Lipinski definition) is 0. The Morgan fingerprint density at radius 3 is 1.59 bits per heavy atom. The van der Waals surface area contributed by atoms with E-state index in [0.717, 1.165) is 110 Å². The summed E-state index contributed by atoms with van der Waals surface area (Å²) in [6, 6.07) is 59.2. The number of rotatable bonds is 6. The van der Waals surface area contributed by atoms with Crippen LogP contribution in [0.5, 0.6) is 0 Å². The van der Waals surface area contributed by atoms with E-state index in [1.807, 2.05) is 85.9 Å². The maximum atomic E-state index is 6.43. The first-order valence-corrected chi connectivity index (χ1v) is 23.7. The molecule has 0 N–H and O–H groups in total. The molecule has 0 fully saturated rings. The van der Waals surface area contributed by atoms with Crippen LogP contribution in [0.25, 0.3) is 149 Å². The van der Waals surface area contributed by atoms with Crippen LogP contribution in [0.1, 0.15) is 25.0 Å². The normalized spacial score (nSPS) is 11.8. The standard InChI is InChI=1S/C59H34N4O2S.C2H6/c1-3-36-37(4-2)54-47-20-13-19-38(33-24-29-45-44-17-9-12-23-52(44)66-53(45)32-33)55(47)63(56(54)46-18-6-5-14-39(36)46)59-61-57(34-25-27-42-40-15-7-10-21-48(40)64-50(42)30-34)60-58(62-59)35-26-28-43-41-16-8-11-22-49(41)65-51(43)31-35;1-2/h3-32H,1-2H2;1-2H3. The zero-order valence-corrected chi connectivity index (χ0v) is 38.1. The van der Waals surface area contributed by atoms with E-state index >= 15 is 0 Å². The minimum Gasteiger partial charge on any atom is -0.456 e. The van der Waals surface area contributed by atoms with E-state index in [1.54, 1.807) is 0 Å². The van der Waals surface area contributed by atoms with Crippen molar-refractivity contribution in [2.75, 3.05) is 0 Å². The Balaban J connectivity index is 0.00000226. The fourth-order valence-corrected chi connectivity index (χ4v) is 11.4. The molecule has 14 aromatic rings. The maximum Gasteiger partial charge on any atom is 0.238 e. The third-order valence-electron chi connectivity index (χ3n) is 13.2. The van der Waals surface area contributed by atoms with E-state index in [2.05, 4.69) is 139 Å². The molecule has 0 unspecified atom stereocenters. The topological polar surface area (TPSA) is 69.9 Å². The van der Waals surface area contributed by atoms with Gasteiger partial charge < -0.3 is 8.83 Å². The Bertz CT molecular complexity index is 4280. The molecule has 5 aromatic heterocycles. The molecule has 0 saturated heterocycles. The number of para-hydroxylation sites is 3. The number of aromatic nitrogens is 4. The first kappa shape index (κ1) is 39.7. The smallest absolute Gasteiger partial charge is 0.238 e. The molecule has 7 heteroatoms. The second-order valence-corrected chi connectivity index (χ2v) is 17.8. The van der Waals surface area contributed by atoms with Crippen LogP contribution in [0.4, 0.5) is 0 Å². The Hall–Kier alpha value is -8.65. The monoisotopic (exact) mass is 892 g/mol. The Morgan fingerprint density at radius 2 is 0.941 bits per heavy atom. The maximum absolute atomic E-state index is 6.43. The fourth-order valence-electron chi connectivity index (χ4n) is 10.3. The molecule has 14 rings (SSSR count). The second kappa shape index (κ2) is 15.5. The van der Waals surface area contributed by atoms with Crippen molar-refractivity contribution in [3.8, 4) is 39.9 Å². The number of hydrogen-bond acceptors (Lipinski definition) is 6. The molecule has 0 bridgehead atoms. The summed E-state index contributed by atoms with van der Waals surface area (Å²) >= 11 is 1.82. The molecule has 0 amide bonds. The van der Waals surface area contributed by atoms with Crippen LogP contribution in [0.3, 0.4) is 0 Å². The minimum atomic E-state index is 0.478. The van der Waals surface area contributed by atoms with Crippen LogP contribution < -0.4 is 0 Å². The summed E-state index contributed by atoms with van der Waals surface area (Å²) in [5.74, 6) is 1.50. The predicted octanol–water partition coefficient (Wildman–Crippen LogP) is 17.6. The largest absolute Gasteiger partial charge is 0.456 e. The number of thiophene rings is 1. The van der Waals surface area contributed by atoms with Crippen LogP contribution in [-0.4, -0.2) is 19.5 Å². The van der Waals surface area contributed by atoms with Gasteiger partial charge in [-0.15, -0.1) is 11.3 Å². The Morgan fingerprint density at radius 1 is 0.426 bits per heavy atom. The zero-order valence-electron chi connectivity index (χ0n) is 37.2. The molecule has 5 heterocycles. The van der Waals surface area contributed by atoms with E-state index in [-0.39, 0.29) is 0 Å². The van der Waals surface area contributed by atoms with Gasteiger partial charge in [-0.3, -0.25) is 4.57 Å². The molecule has 0 saturated carbocycles. The van der Waals surface area contributed by atoms with Gasteiger partial charge in [0.1, 0.15) is 22.3 Å². The molecule has 0 spiro atoms. The van der Waals surface area contributed by atoms with Crippen molar-refractivity contribution in [3.05, 3.63) is 194 Å². The van der Waals surface area contributed by atoms with E-state index < -0.39 is 0 Å². The number of benzene rings is 9. The number of fused-ring (bicyclic) bond motifs is 14. The van der Waals surface area contributed by atoms with Crippen LogP contribution >= 0.6 is 11.3 Å². The molecular weight excluding hydrogens is 853 g/mol. The highest BCUT2D eigenvalue weighted by molar-refractivity contribution is 7.25. The molecular formula is C61H40N4O2S. The van der Waals surface area contributed by atoms with Crippen LogP contribution in [-0.2, 0) is 0 Å². The summed E-state index contributed by atoms with van der Waals surface area (Å²) in [7, 11) is 0. The van der Waals surface area contributed by atoms with Crippen molar-refractivity contribution in [2.45, 2.75) is 13.8 Å². The quantitative estimate of drug-likeness (QED) is 0.166. The van der Waals surface area contributed by atoms with Gasteiger partial charge in [0.2, 0.25) is 5.95 Å². The lowest BCUT2D eigenvalue weighted by molar-refractivity contribution is 0.668. The summed E-state index contributed by atoms with van der Waals surface area (Å²) in [4.78, 5) is 16.2. The van der Waals surface area contributed by atoms with Crippen LogP contribution in [0.15, 0.2) is 192 Å². The Kier molecular flexibility index (Phi) is 9.04. The van der Waals surface area contributed by atoms with E-state index in [1.165, 1.54) is 20.2 Å². The summed E-state index contributed by atoms with van der Waals surface area (Å²) in [6.07, 6.45) is 3.91. The fraction of sp³-hybridized carbons (Fsp3) is 0.0328. The lowest BCUT2D eigenvalue weighted by Crippen LogP contribution is -2.07. The van der Waals surface area contributed by atoms with Gasteiger partial charge in [0.05, 0.1) is 11.0 Å². The minimum absolute atomic E-state index is 0.478. The van der Waals surface area contributed by atoms with Crippen molar-refractivity contribution in [2.24, 2.45) is 0 Å². The first-order chi connectivity index (χ1) is 33.6. The predicted molar refractivity (Wildman–Crippen MR) is 287 cm³/mol. The average molecular weight is 893 g/mol. The van der Waals surface area contributed by atoms with Crippen LogP contribution in [0, 0.1) is 0 Å². The van der Waals surface area contributed by atoms with Crippen molar-refractivity contribution in [3.63, 3.8) is 0 Å². The zero-order chi connectivity index (χ0) is 45.6. The molecule has 68 heavy (non-hydrogen) atoms. The molecule has 0 atom stereocenters. The lowest BCUT2D eigenvalue weighted by Gasteiger charge is -2.15. The van der Waals surface area contributed by atoms with E-state index in [4.69, 9.17) is 23.8 Å². The molecule has 0 radical (unpaired) electrons. The van der Waals surface area contributed by atoms with Crippen molar-refractivity contribution in [1.82, 2.24) is 19.5 Å². The summed E-state index contributed by atoms with van der Waals surface area (Å²) in [6.45, 7) is 12.7. The van der Waals surface area contributed by atoms with Gasteiger partial charge in [-0.25, -0.2) is 4.98 Å². The summed E-state index contributed by atoms with van der Waals surface area (Å²) in [5.41, 5.74) is 10.9. The highest BCUT2D eigenvalue weighted by atomic mass is 32.1. The molecule has 0 aliphatic carbocycles. The van der Waals surface area contributed by atoms with Crippen molar-refractivity contribution in [1.29, 1.82) is 0 Å². The van der Waals surface area contributed by atoms with Crippen molar-refractivity contribution >= 4 is 120 Å².